The Kier molecular flexibility index (Phi) is 3.74. The van der Waals surface area contributed by atoms with Crippen molar-refractivity contribution in [2.24, 2.45) is 11.3 Å². The standard InChI is InChI=1S/C20H28O3/c1-12(2)14-10-13-6-7-17-19(3,15(13)11-16(14)21)8-5-9-20(17,4)18(22)23/h10-12,17,21H,5-9H2,1-4H3,(H,22,23)/t17?,19-,20+/m1/s1. The lowest BCUT2D eigenvalue weighted by molar-refractivity contribution is -0.157. The van der Waals surface area contributed by atoms with Gasteiger partial charge >= 0.3 is 5.97 Å². The van der Waals surface area contributed by atoms with Crippen molar-refractivity contribution in [3.8, 4) is 5.75 Å². The Hall–Kier alpha value is -1.51. The molecule has 2 aliphatic rings. The SMILES string of the molecule is CC(C)c1cc2c(cc1O)[C@@]1(C)CCC[C@](C)(C(=O)O)C1CC2. The Labute approximate surface area is 138 Å². The van der Waals surface area contributed by atoms with E-state index in [2.05, 4.69) is 26.8 Å². The molecule has 0 amide bonds. The minimum atomic E-state index is -0.667. The first-order valence-electron chi connectivity index (χ1n) is 8.80. The van der Waals surface area contributed by atoms with Crippen molar-refractivity contribution >= 4 is 5.97 Å². The van der Waals surface area contributed by atoms with E-state index in [1.807, 2.05) is 13.0 Å². The number of phenolic OH excluding ortho intramolecular Hbond substituents is 1. The first-order chi connectivity index (χ1) is 10.7. The van der Waals surface area contributed by atoms with E-state index in [0.29, 0.717) is 11.7 Å². The summed E-state index contributed by atoms with van der Waals surface area (Å²) < 4.78 is 0. The van der Waals surface area contributed by atoms with Gasteiger partial charge < -0.3 is 10.2 Å². The predicted octanol–water partition coefficient (Wildman–Crippen LogP) is 4.61. The van der Waals surface area contributed by atoms with E-state index in [1.165, 1.54) is 11.1 Å². The number of carboxylic acid groups (broad SMARTS) is 1. The summed E-state index contributed by atoms with van der Waals surface area (Å²) >= 11 is 0. The fourth-order valence-electron chi connectivity index (χ4n) is 5.24. The molecule has 1 aromatic rings. The lowest BCUT2D eigenvalue weighted by atomic mass is 9.49. The van der Waals surface area contributed by atoms with Crippen molar-refractivity contribution in [3.63, 3.8) is 0 Å². The summed E-state index contributed by atoms with van der Waals surface area (Å²) in [5.74, 6) is 0.127. The molecule has 3 nitrogen and oxygen atoms in total. The van der Waals surface area contributed by atoms with Crippen LogP contribution in [0.5, 0.6) is 5.75 Å². The van der Waals surface area contributed by atoms with Gasteiger partial charge in [0, 0.05) is 0 Å². The molecule has 2 aliphatic carbocycles. The number of hydrogen-bond donors (Lipinski definition) is 2. The fourth-order valence-corrected chi connectivity index (χ4v) is 5.24. The third-order valence-corrected chi connectivity index (χ3v) is 6.61. The molecule has 0 spiro atoms. The number of aromatic hydroxyl groups is 1. The molecule has 3 heteroatoms. The summed E-state index contributed by atoms with van der Waals surface area (Å²) in [6, 6.07) is 4.09. The van der Waals surface area contributed by atoms with Crippen LogP contribution >= 0.6 is 0 Å². The van der Waals surface area contributed by atoms with Crippen molar-refractivity contribution in [3.05, 3.63) is 28.8 Å². The Bertz CT molecular complexity index is 649. The Balaban J connectivity index is 2.13. The minimum absolute atomic E-state index is 0.137. The van der Waals surface area contributed by atoms with Gasteiger partial charge in [-0.2, -0.15) is 0 Å². The number of fused-ring (bicyclic) bond motifs is 3. The van der Waals surface area contributed by atoms with Gasteiger partial charge in [0.15, 0.2) is 0 Å². The molecule has 0 bridgehead atoms. The molecular weight excluding hydrogens is 288 g/mol. The maximum atomic E-state index is 11.9. The summed E-state index contributed by atoms with van der Waals surface area (Å²) in [7, 11) is 0. The van der Waals surface area contributed by atoms with Crippen molar-refractivity contribution in [1.29, 1.82) is 0 Å². The number of carbonyl (C=O) groups is 1. The molecule has 1 aromatic carbocycles. The second kappa shape index (κ2) is 5.25. The first-order valence-corrected chi connectivity index (χ1v) is 8.80. The van der Waals surface area contributed by atoms with E-state index < -0.39 is 11.4 Å². The lowest BCUT2D eigenvalue weighted by Gasteiger charge is -2.53. The summed E-state index contributed by atoms with van der Waals surface area (Å²) in [5, 5.41) is 20.3. The molecule has 0 saturated heterocycles. The van der Waals surface area contributed by atoms with Crippen LogP contribution in [-0.4, -0.2) is 16.2 Å². The molecule has 1 fully saturated rings. The number of benzene rings is 1. The Morgan fingerprint density at radius 2 is 1.96 bits per heavy atom. The van der Waals surface area contributed by atoms with Crippen LogP contribution in [0, 0.1) is 11.3 Å². The van der Waals surface area contributed by atoms with Crippen LogP contribution in [0.1, 0.15) is 76.0 Å². The van der Waals surface area contributed by atoms with E-state index in [4.69, 9.17) is 0 Å². The van der Waals surface area contributed by atoms with Crippen molar-refractivity contribution in [2.45, 2.75) is 71.1 Å². The van der Waals surface area contributed by atoms with E-state index in [0.717, 1.165) is 37.7 Å². The highest BCUT2D eigenvalue weighted by Gasteiger charge is 2.55. The lowest BCUT2D eigenvalue weighted by Crippen LogP contribution is -2.52. The number of phenols is 1. The maximum Gasteiger partial charge on any atom is 0.309 e. The number of rotatable bonds is 2. The average Bonchev–Trinajstić information content (AvgIpc) is 2.46. The molecule has 0 radical (unpaired) electrons. The normalized spacial score (nSPS) is 33.2. The van der Waals surface area contributed by atoms with Crippen LogP contribution in [0.4, 0.5) is 0 Å². The monoisotopic (exact) mass is 316 g/mol. The zero-order valence-electron chi connectivity index (χ0n) is 14.6. The zero-order chi connectivity index (χ0) is 17.0. The molecule has 0 aliphatic heterocycles. The molecular formula is C20H28O3. The van der Waals surface area contributed by atoms with Gasteiger partial charge in [0.2, 0.25) is 0 Å². The highest BCUT2D eigenvalue weighted by Crippen LogP contribution is 2.58. The summed E-state index contributed by atoms with van der Waals surface area (Å²) in [6.07, 6.45) is 4.54. The van der Waals surface area contributed by atoms with Crippen LogP contribution in [-0.2, 0) is 16.6 Å². The third-order valence-electron chi connectivity index (χ3n) is 6.61. The highest BCUT2D eigenvalue weighted by atomic mass is 16.4. The average molecular weight is 316 g/mol. The van der Waals surface area contributed by atoms with Crippen LogP contribution in [0.2, 0.25) is 0 Å². The van der Waals surface area contributed by atoms with Crippen LogP contribution in [0.25, 0.3) is 0 Å². The second-order valence-electron chi connectivity index (χ2n) is 8.31. The fraction of sp³-hybridized carbons (Fsp3) is 0.650. The van der Waals surface area contributed by atoms with Gasteiger partial charge in [0.05, 0.1) is 5.41 Å². The first kappa shape index (κ1) is 16.4. The van der Waals surface area contributed by atoms with Gasteiger partial charge in [-0.3, -0.25) is 4.79 Å². The smallest absolute Gasteiger partial charge is 0.309 e. The van der Waals surface area contributed by atoms with Gasteiger partial charge in [-0.15, -0.1) is 0 Å². The molecule has 23 heavy (non-hydrogen) atoms. The summed E-state index contributed by atoms with van der Waals surface area (Å²) in [5.41, 5.74) is 2.69. The number of hydrogen-bond acceptors (Lipinski definition) is 2. The number of aryl methyl sites for hydroxylation is 1. The van der Waals surface area contributed by atoms with Gasteiger partial charge in [0.1, 0.15) is 5.75 Å². The molecule has 2 N–H and O–H groups in total. The van der Waals surface area contributed by atoms with Gasteiger partial charge in [-0.05, 0) is 72.6 Å². The van der Waals surface area contributed by atoms with Crippen molar-refractivity contribution < 1.29 is 15.0 Å². The van der Waals surface area contributed by atoms with Gasteiger partial charge in [-0.25, -0.2) is 0 Å². The predicted molar refractivity (Wildman–Crippen MR) is 91.0 cm³/mol. The summed E-state index contributed by atoms with van der Waals surface area (Å²) in [4.78, 5) is 11.9. The second-order valence-corrected chi connectivity index (χ2v) is 8.31. The Morgan fingerprint density at radius 1 is 1.26 bits per heavy atom. The van der Waals surface area contributed by atoms with Gasteiger partial charge in [0.25, 0.3) is 0 Å². The third kappa shape index (κ3) is 2.28. The number of aliphatic carboxylic acids is 1. The van der Waals surface area contributed by atoms with E-state index in [1.54, 1.807) is 0 Å². The quantitative estimate of drug-likeness (QED) is 0.837. The molecule has 3 atom stereocenters. The Morgan fingerprint density at radius 3 is 2.57 bits per heavy atom. The van der Waals surface area contributed by atoms with Crippen LogP contribution in [0.3, 0.4) is 0 Å². The van der Waals surface area contributed by atoms with Crippen LogP contribution < -0.4 is 0 Å². The zero-order valence-corrected chi connectivity index (χ0v) is 14.6. The highest BCUT2D eigenvalue weighted by molar-refractivity contribution is 5.75. The maximum absolute atomic E-state index is 11.9. The minimum Gasteiger partial charge on any atom is -0.508 e. The molecule has 126 valence electrons. The number of carboxylic acids is 1. The topological polar surface area (TPSA) is 57.5 Å². The van der Waals surface area contributed by atoms with Crippen molar-refractivity contribution in [2.75, 3.05) is 0 Å². The molecule has 1 unspecified atom stereocenters. The molecule has 0 heterocycles. The van der Waals surface area contributed by atoms with Gasteiger partial charge in [-0.1, -0.05) is 33.3 Å². The molecule has 0 aromatic heterocycles. The molecule has 3 rings (SSSR count). The van der Waals surface area contributed by atoms with Crippen molar-refractivity contribution in [1.82, 2.24) is 0 Å². The van der Waals surface area contributed by atoms with E-state index in [-0.39, 0.29) is 11.3 Å². The molecule has 1 saturated carbocycles. The largest absolute Gasteiger partial charge is 0.508 e. The summed E-state index contributed by atoms with van der Waals surface area (Å²) in [6.45, 7) is 8.32. The van der Waals surface area contributed by atoms with Crippen LogP contribution in [0.15, 0.2) is 12.1 Å². The van der Waals surface area contributed by atoms with E-state index in [9.17, 15) is 15.0 Å². The van der Waals surface area contributed by atoms with E-state index >= 15 is 0 Å².